The maximum absolute atomic E-state index is 10.5. The number of hydrogen-bond acceptors (Lipinski definition) is 4. The molecule has 0 aliphatic rings. The first-order valence-electron chi connectivity index (χ1n) is 4.04. The monoisotopic (exact) mass is 226 g/mol. The number of unbranched alkanes of at least 4 members (excludes halogenated alkanes) is 1. The predicted octanol–water partition coefficient (Wildman–Crippen LogP) is 0.615. The van der Waals surface area contributed by atoms with Crippen LogP contribution in [0, 0.1) is 0 Å². The molecule has 0 saturated carbocycles. The lowest BCUT2D eigenvalue weighted by Crippen LogP contribution is -2.10. The van der Waals surface area contributed by atoms with E-state index in [4.69, 9.17) is 10.7 Å². The lowest BCUT2D eigenvalue weighted by Gasteiger charge is -1.99. The molecule has 0 rings (SSSR count). The van der Waals surface area contributed by atoms with Crippen molar-refractivity contribution in [3.8, 4) is 0 Å². The van der Waals surface area contributed by atoms with Crippen LogP contribution < -0.4 is 10.6 Å². The van der Waals surface area contributed by atoms with E-state index >= 15 is 0 Å². The van der Waals surface area contributed by atoms with E-state index < -0.39 is 9.05 Å². The molecule has 0 atom stereocenters. The highest BCUT2D eigenvalue weighted by atomic mass is 35.7. The molecule has 0 bridgehead atoms. The van der Waals surface area contributed by atoms with Gasteiger partial charge in [-0.1, -0.05) is 0 Å². The molecule has 78 valence electrons. The SMILES string of the molecule is CN/C=C\NCCCCS(=O)(=O)Cl. The van der Waals surface area contributed by atoms with Gasteiger partial charge < -0.3 is 10.6 Å². The standard InChI is InChI=1S/C7H15ClN2O2S/c1-9-5-6-10-4-2-3-7-13(8,11)12/h5-6,9-10H,2-4,7H2,1H3/b6-5-. The van der Waals surface area contributed by atoms with Crippen molar-refractivity contribution in [2.45, 2.75) is 12.8 Å². The van der Waals surface area contributed by atoms with Crippen molar-refractivity contribution >= 4 is 19.7 Å². The topological polar surface area (TPSA) is 58.2 Å². The molecule has 0 aliphatic carbocycles. The molecule has 0 fully saturated rings. The summed E-state index contributed by atoms with van der Waals surface area (Å²) in [6.45, 7) is 0.755. The van der Waals surface area contributed by atoms with Crippen molar-refractivity contribution in [1.29, 1.82) is 0 Å². The molecule has 0 saturated heterocycles. The van der Waals surface area contributed by atoms with E-state index in [2.05, 4.69) is 10.6 Å². The fourth-order valence-corrected chi connectivity index (χ4v) is 1.60. The molecule has 4 nitrogen and oxygen atoms in total. The van der Waals surface area contributed by atoms with Crippen LogP contribution in [0.15, 0.2) is 12.4 Å². The van der Waals surface area contributed by atoms with E-state index in [0.717, 1.165) is 13.0 Å². The Labute approximate surface area is 83.8 Å². The predicted molar refractivity (Wildman–Crippen MR) is 55.1 cm³/mol. The largest absolute Gasteiger partial charge is 0.393 e. The van der Waals surface area contributed by atoms with Gasteiger partial charge in [0.25, 0.3) is 0 Å². The van der Waals surface area contributed by atoms with Gasteiger partial charge >= 0.3 is 0 Å². The van der Waals surface area contributed by atoms with Gasteiger partial charge in [-0.05, 0) is 12.8 Å². The first-order chi connectivity index (χ1) is 6.06. The van der Waals surface area contributed by atoms with Gasteiger partial charge in [0.15, 0.2) is 0 Å². The summed E-state index contributed by atoms with van der Waals surface area (Å²) in [7, 11) is 3.52. The van der Waals surface area contributed by atoms with Crippen LogP contribution in [0.1, 0.15) is 12.8 Å². The number of rotatable bonds is 7. The zero-order valence-corrected chi connectivity index (χ0v) is 9.16. The Morgan fingerprint density at radius 3 is 2.54 bits per heavy atom. The van der Waals surface area contributed by atoms with Crippen molar-refractivity contribution in [2.24, 2.45) is 0 Å². The van der Waals surface area contributed by atoms with Crippen molar-refractivity contribution in [1.82, 2.24) is 10.6 Å². The van der Waals surface area contributed by atoms with Gasteiger partial charge in [0.2, 0.25) is 9.05 Å². The third-order valence-electron chi connectivity index (χ3n) is 1.33. The summed E-state index contributed by atoms with van der Waals surface area (Å²) in [6.07, 6.45) is 4.92. The van der Waals surface area contributed by atoms with Crippen LogP contribution >= 0.6 is 10.7 Å². The van der Waals surface area contributed by atoms with Crippen molar-refractivity contribution in [2.75, 3.05) is 19.3 Å². The van der Waals surface area contributed by atoms with E-state index in [1.807, 2.05) is 0 Å². The summed E-state index contributed by atoms with van der Waals surface area (Å²) in [4.78, 5) is 0. The van der Waals surface area contributed by atoms with Crippen LogP contribution in [0.3, 0.4) is 0 Å². The molecular weight excluding hydrogens is 212 g/mol. The van der Waals surface area contributed by atoms with Crippen LogP contribution in [0.25, 0.3) is 0 Å². The van der Waals surface area contributed by atoms with E-state index in [1.165, 1.54) is 0 Å². The molecule has 0 unspecified atom stereocenters. The minimum Gasteiger partial charge on any atom is -0.393 e. The molecule has 0 aromatic carbocycles. The molecule has 0 aromatic heterocycles. The molecule has 0 aliphatic heterocycles. The normalized spacial score (nSPS) is 11.8. The fourth-order valence-electron chi connectivity index (χ4n) is 0.727. The van der Waals surface area contributed by atoms with E-state index in [0.29, 0.717) is 6.42 Å². The lowest BCUT2D eigenvalue weighted by molar-refractivity contribution is 0.604. The second-order valence-corrected chi connectivity index (χ2v) is 5.42. The molecule has 0 radical (unpaired) electrons. The fraction of sp³-hybridized carbons (Fsp3) is 0.714. The van der Waals surface area contributed by atoms with Crippen LogP contribution in [-0.4, -0.2) is 27.8 Å². The zero-order valence-electron chi connectivity index (χ0n) is 7.59. The second-order valence-electron chi connectivity index (χ2n) is 2.53. The molecule has 0 aromatic rings. The lowest BCUT2D eigenvalue weighted by atomic mass is 10.3. The summed E-state index contributed by atoms with van der Waals surface area (Å²) in [5.74, 6) is 0.0476. The third-order valence-corrected chi connectivity index (χ3v) is 2.57. The quantitative estimate of drug-likeness (QED) is 0.494. The van der Waals surface area contributed by atoms with Crippen molar-refractivity contribution in [3.63, 3.8) is 0 Å². The van der Waals surface area contributed by atoms with E-state index in [1.54, 1.807) is 19.4 Å². The van der Waals surface area contributed by atoms with Crippen molar-refractivity contribution < 1.29 is 8.42 Å². The van der Waals surface area contributed by atoms with Crippen LogP contribution in [0.2, 0.25) is 0 Å². The van der Waals surface area contributed by atoms with Gasteiger partial charge in [0.1, 0.15) is 0 Å². The second kappa shape index (κ2) is 7.03. The van der Waals surface area contributed by atoms with Gasteiger partial charge in [-0.2, -0.15) is 0 Å². The van der Waals surface area contributed by atoms with Gasteiger partial charge in [-0.25, -0.2) is 8.42 Å². The maximum atomic E-state index is 10.5. The molecule has 2 N–H and O–H groups in total. The molecule has 0 spiro atoms. The van der Waals surface area contributed by atoms with Crippen LogP contribution in [-0.2, 0) is 9.05 Å². The Morgan fingerprint density at radius 2 is 2.00 bits per heavy atom. The molecule has 13 heavy (non-hydrogen) atoms. The Balaban J connectivity index is 3.23. The van der Waals surface area contributed by atoms with Crippen LogP contribution in [0.4, 0.5) is 0 Å². The zero-order chi connectivity index (χ0) is 10.2. The highest BCUT2D eigenvalue weighted by molar-refractivity contribution is 8.13. The highest BCUT2D eigenvalue weighted by Gasteiger charge is 2.02. The third kappa shape index (κ3) is 11.6. The van der Waals surface area contributed by atoms with Gasteiger partial charge in [0.05, 0.1) is 5.75 Å². The van der Waals surface area contributed by atoms with Crippen molar-refractivity contribution in [3.05, 3.63) is 12.4 Å². The molecular formula is C7H15ClN2O2S. The Morgan fingerprint density at radius 1 is 1.31 bits per heavy atom. The summed E-state index contributed by atoms with van der Waals surface area (Å²) in [6, 6.07) is 0. The Bertz CT molecular complexity index is 239. The van der Waals surface area contributed by atoms with Gasteiger partial charge in [0, 0.05) is 36.7 Å². The average Bonchev–Trinajstić information content (AvgIpc) is 2.01. The van der Waals surface area contributed by atoms with Gasteiger partial charge in [-0.15, -0.1) is 0 Å². The van der Waals surface area contributed by atoms with Gasteiger partial charge in [-0.3, -0.25) is 0 Å². The Hall–Kier alpha value is -0.420. The van der Waals surface area contributed by atoms with E-state index in [-0.39, 0.29) is 5.75 Å². The summed E-state index contributed by atoms with van der Waals surface area (Å²) < 4.78 is 21.0. The number of hydrogen-bond donors (Lipinski definition) is 2. The van der Waals surface area contributed by atoms with Crippen LogP contribution in [0.5, 0.6) is 0 Å². The smallest absolute Gasteiger partial charge is 0.232 e. The first kappa shape index (κ1) is 12.6. The maximum Gasteiger partial charge on any atom is 0.232 e. The average molecular weight is 227 g/mol. The Kier molecular flexibility index (Phi) is 6.80. The summed E-state index contributed by atoms with van der Waals surface area (Å²) in [5.41, 5.74) is 0. The molecule has 0 amide bonds. The highest BCUT2D eigenvalue weighted by Crippen LogP contribution is 2.00. The molecule has 6 heteroatoms. The minimum absolute atomic E-state index is 0.0476. The number of nitrogens with one attached hydrogen (secondary N) is 2. The number of halogens is 1. The first-order valence-corrected chi connectivity index (χ1v) is 6.52. The minimum atomic E-state index is -3.31. The summed E-state index contributed by atoms with van der Waals surface area (Å²) >= 11 is 0. The summed E-state index contributed by atoms with van der Waals surface area (Å²) in [5, 5.41) is 5.81. The molecule has 0 heterocycles. The van der Waals surface area contributed by atoms with E-state index in [9.17, 15) is 8.42 Å².